The Labute approximate surface area is 97.3 Å². The Hall–Kier alpha value is -1.77. The quantitative estimate of drug-likeness (QED) is 0.615. The average Bonchev–Trinajstić information content (AvgIpc) is 2.34. The first-order valence-corrected chi connectivity index (χ1v) is 5.41. The highest BCUT2D eigenvalue weighted by molar-refractivity contribution is 5.33. The highest BCUT2D eigenvalue weighted by Crippen LogP contribution is 2.13. The summed E-state index contributed by atoms with van der Waals surface area (Å²) in [6.45, 7) is 4.81. The van der Waals surface area contributed by atoms with Crippen LogP contribution in [0.15, 0.2) is 24.3 Å². The molecule has 0 aliphatic carbocycles. The standard InChI is InChI=1S/C14H16N2/c1-3-4-5-9-16-12(2)14-8-6-7-13(10-14)11-15/h6-8,10,12,16H,5,9H2,1-2H3. The zero-order chi connectivity index (χ0) is 11.8. The van der Waals surface area contributed by atoms with E-state index in [1.807, 2.05) is 31.2 Å². The molecule has 0 fully saturated rings. The van der Waals surface area contributed by atoms with Gasteiger partial charge < -0.3 is 5.32 Å². The number of benzene rings is 1. The van der Waals surface area contributed by atoms with E-state index in [2.05, 4.69) is 30.2 Å². The van der Waals surface area contributed by atoms with Gasteiger partial charge in [-0.1, -0.05) is 12.1 Å². The summed E-state index contributed by atoms with van der Waals surface area (Å²) >= 11 is 0. The van der Waals surface area contributed by atoms with Crippen molar-refractivity contribution in [3.05, 3.63) is 35.4 Å². The summed E-state index contributed by atoms with van der Waals surface area (Å²) in [5.41, 5.74) is 1.85. The fraction of sp³-hybridized carbons (Fsp3) is 0.357. The Morgan fingerprint density at radius 3 is 2.94 bits per heavy atom. The molecule has 0 amide bonds. The van der Waals surface area contributed by atoms with Crippen molar-refractivity contribution in [1.29, 1.82) is 5.26 Å². The Balaban J connectivity index is 2.54. The first-order chi connectivity index (χ1) is 7.77. The van der Waals surface area contributed by atoms with Gasteiger partial charge in [0.25, 0.3) is 0 Å². The Morgan fingerprint density at radius 2 is 2.25 bits per heavy atom. The number of nitrogens with zero attached hydrogens (tertiary/aromatic N) is 1. The van der Waals surface area contributed by atoms with E-state index in [0.29, 0.717) is 5.56 Å². The Bertz CT molecular complexity index is 432. The molecule has 1 N–H and O–H groups in total. The average molecular weight is 212 g/mol. The zero-order valence-electron chi connectivity index (χ0n) is 9.75. The fourth-order valence-electron chi connectivity index (χ4n) is 1.47. The van der Waals surface area contributed by atoms with Crippen molar-refractivity contribution >= 4 is 0 Å². The van der Waals surface area contributed by atoms with E-state index in [9.17, 15) is 0 Å². The molecule has 0 spiro atoms. The first kappa shape index (κ1) is 12.3. The smallest absolute Gasteiger partial charge is 0.0991 e. The fourth-order valence-corrected chi connectivity index (χ4v) is 1.47. The van der Waals surface area contributed by atoms with Crippen LogP contribution in [-0.2, 0) is 0 Å². The Morgan fingerprint density at radius 1 is 1.44 bits per heavy atom. The van der Waals surface area contributed by atoms with Gasteiger partial charge in [-0.2, -0.15) is 5.26 Å². The number of nitrogens with one attached hydrogen (secondary N) is 1. The minimum absolute atomic E-state index is 0.256. The summed E-state index contributed by atoms with van der Waals surface area (Å²) in [5.74, 6) is 5.88. The molecule has 0 saturated carbocycles. The van der Waals surface area contributed by atoms with Crippen LogP contribution in [0.3, 0.4) is 0 Å². The molecule has 2 heteroatoms. The molecule has 82 valence electrons. The normalized spacial score (nSPS) is 11.1. The summed E-state index contributed by atoms with van der Waals surface area (Å²) in [6.07, 6.45) is 0.860. The first-order valence-electron chi connectivity index (χ1n) is 5.41. The molecule has 1 unspecified atom stereocenters. The van der Waals surface area contributed by atoms with Crippen molar-refractivity contribution in [2.45, 2.75) is 26.3 Å². The predicted octanol–water partition coefficient (Wildman–Crippen LogP) is 2.62. The van der Waals surface area contributed by atoms with Gasteiger partial charge in [0, 0.05) is 19.0 Å². The number of hydrogen-bond acceptors (Lipinski definition) is 2. The summed E-state index contributed by atoms with van der Waals surface area (Å²) in [6, 6.07) is 10.1. The molecule has 0 aliphatic heterocycles. The minimum Gasteiger partial charge on any atom is -0.309 e. The maximum absolute atomic E-state index is 8.80. The van der Waals surface area contributed by atoms with Crippen LogP contribution in [0.1, 0.15) is 37.4 Å². The van der Waals surface area contributed by atoms with E-state index in [1.165, 1.54) is 0 Å². The highest BCUT2D eigenvalue weighted by Gasteiger charge is 2.04. The SMILES string of the molecule is CC#CCCNC(C)c1cccc(C#N)c1. The van der Waals surface area contributed by atoms with Gasteiger partial charge in [0.1, 0.15) is 0 Å². The lowest BCUT2D eigenvalue weighted by atomic mass is 10.1. The summed E-state index contributed by atoms with van der Waals surface area (Å²) in [7, 11) is 0. The van der Waals surface area contributed by atoms with Gasteiger partial charge in [0.2, 0.25) is 0 Å². The monoisotopic (exact) mass is 212 g/mol. The van der Waals surface area contributed by atoms with E-state index in [4.69, 9.17) is 5.26 Å². The predicted molar refractivity (Wildman–Crippen MR) is 65.6 cm³/mol. The van der Waals surface area contributed by atoms with Crippen LogP contribution in [0.25, 0.3) is 0 Å². The molecule has 1 aromatic carbocycles. The molecular weight excluding hydrogens is 196 g/mol. The van der Waals surface area contributed by atoms with Crippen LogP contribution < -0.4 is 5.32 Å². The van der Waals surface area contributed by atoms with Gasteiger partial charge in [-0.05, 0) is 31.5 Å². The van der Waals surface area contributed by atoms with Crippen LogP contribution in [0, 0.1) is 23.2 Å². The second-order valence-corrected chi connectivity index (χ2v) is 3.59. The third-order valence-electron chi connectivity index (χ3n) is 2.39. The molecule has 16 heavy (non-hydrogen) atoms. The summed E-state index contributed by atoms with van der Waals surface area (Å²) in [4.78, 5) is 0. The number of hydrogen-bond donors (Lipinski definition) is 1. The number of nitriles is 1. The van der Waals surface area contributed by atoms with Crippen molar-refractivity contribution in [2.24, 2.45) is 0 Å². The van der Waals surface area contributed by atoms with Crippen molar-refractivity contribution in [3.8, 4) is 17.9 Å². The molecule has 0 aliphatic rings. The lowest BCUT2D eigenvalue weighted by Gasteiger charge is -2.13. The van der Waals surface area contributed by atoms with Gasteiger partial charge >= 0.3 is 0 Å². The van der Waals surface area contributed by atoms with E-state index < -0.39 is 0 Å². The lowest BCUT2D eigenvalue weighted by Crippen LogP contribution is -2.19. The van der Waals surface area contributed by atoms with Gasteiger partial charge in [-0.25, -0.2) is 0 Å². The van der Waals surface area contributed by atoms with Crippen LogP contribution in [0.2, 0.25) is 0 Å². The van der Waals surface area contributed by atoms with Crippen molar-refractivity contribution in [2.75, 3.05) is 6.54 Å². The molecule has 0 aromatic heterocycles. The van der Waals surface area contributed by atoms with Gasteiger partial charge in [0.15, 0.2) is 0 Å². The van der Waals surface area contributed by atoms with Crippen molar-refractivity contribution < 1.29 is 0 Å². The topological polar surface area (TPSA) is 35.8 Å². The lowest BCUT2D eigenvalue weighted by molar-refractivity contribution is 0.584. The largest absolute Gasteiger partial charge is 0.309 e. The number of rotatable bonds is 4. The molecule has 0 heterocycles. The summed E-state index contributed by atoms with van der Waals surface area (Å²) < 4.78 is 0. The van der Waals surface area contributed by atoms with Crippen molar-refractivity contribution in [1.82, 2.24) is 5.32 Å². The maximum atomic E-state index is 8.80. The van der Waals surface area contributed by atoms with E-state index in [-0.39, 0.29) is 6.04 Å². The van der Waals surface area contributed by atoms with Crippen LogP contribution in [0.5, 0.6) is 0 Å². The molecule has 0 radical (unpaired) electrons. The van der Waals surface area contributed by atoms with Crippen LogP contribution in [-0.4, -0.2) is 6.54 Å². The molecule has 0 saturated heterocycles. The summed E-state index contributed by atoms with van der Waals surface area (Å²) in [5, 5.41) is 12.2. The minimum atomic E-state index is 0.256. The van der Waals surface area contributed by atoms with Gasteiger partial charge in [-0.3, -0.25) is 0 Å². The van der Waals surface area contributed by atoms with Gasteiger partial charge in [0.05, 0.1) is 11.6 Å². The van der Waals surface area contributed by atoms with Crippen LogP contribution >= 0.6 is 0 Å². The van der Waals surface area contributed by atoms with Crippen molar-refractivity contribution in [3.63, 3.8) is 0 Å². The van der Waals surface area contributed by atoms with Crippen LogP contribution in [0.4, 0.5) is 0 Å². The molecule has 1 atom stereocenters. The zero-order valence-corrected chi connectivity index (χ0v) is 9.75. The molecule has 0 bridgehead atoms. The third kappa shape index (κ3) is 3.77. The molecule has 2 nitrogen and oxygen atoms in total. The van der Waals surface area contributed by atoms with E-state index in [0.717, 1.165) is 18.5 Å². The maximum Gasteiger partial charge on any atom is 0.0991 e. The second kappa shape index (κ2) is 6.67. The van der Waals surface area contributed by atoms with Gasteiger partial charge in [-0.15, -0.1) is 11.8 Å². The van der Waals surface area contributed by atoms with E-state index >= 15 is 0 Å². The molecule has 1 aromatic rings. The van der Waals surface area contributed by atoms with E-state index in [1.54, 1.807) is 0 Å². The molecule has 1 rings (SSSR count). The molecular formula is C14H16N2. The highest BCUT2D eigenvalue weighted by atomic mass is 14.9. The second-order valence-electron chi connectivity index (χ2n) is 3.59. The third-order valence-corrected chi connectivity index (χ3v) is 2.39. The Kier molecular flexibility index (Phi) is 5.12.